The monoisotopic (exact) mass is 466 g/mol. The molecule has 1 amide bonds. The fraction of sp³-hybridized carbons (Fsp3) is 0.350. The van der Waals surface area contributed by atoms with E-state index in [1.807, 2.05) is 12.1 Å². The molecule has 0 heterocycles. The Morgan fingerprint density at radius 3 is 2.29 bits per heavy atom. The van der Waals surface area contributed by atoms with Gasteiger partial charge in [-0.25, -0.2) is 8.42 Å². The highest BCUT2D eigenvalue weighted by molar-refractivity contribution is 9.10. The van der Waals surface area contributed by atoms with Crippen LogP contribution in [0.3, 0.4) is 0 Å². The van der Waals surface area contributed by atoms with Crippen LogP contribution in [0.2, 0.25) is 0 Å². The summed E-state index contributed by atoms with van der Waals surface area (Å²) in [5.41, 5.74) is 0.831. The van der Waals surface area contributed by atoms with Gasteiger partial charge in [0.1, 0.15) is 0 Å². The van der Waals surface area contributed by atoms with Gasteiger partial charge in [-0.15, -0.1) is 0 Å². The number of ether oxygens (including phenoxy) is 1. The third kappa shape index (κ3) is 4.39. The van der Waals surface area contributed by atoms with E-state index >= 15 is 0 Å². The zero-order valence-electron chi connectivity index (χ0n) is 15.6. The summed E-state index contributed by atoms with van der Waals surface area (Å²) in [7, 11) is -2.07. The third-order valence-corrected chi connectivity index (χ3v) is 6.97. The summed E-state index contributed by atoms with van der Waals surface area (Å²) >= 11 is 3.29. The number of sulfonamides is 1. The van der Waals surface area contributed by atoms with Crippen molar-refractivity contribution in [2.45, 2.75) is 29.6 Å². The van der Waals surface area contributed by atoms with Crippen LogP contribution in [0, 0.1) is 0 Å². The van der Waals surface area contributed by atoms with Crippen molar-refractivity contribution in [1.82, 2.24) is 5.32 Å². The normalized spacial score (nSPS) is 15.5. The molecule has 0 saturated heterocycles. The third-order valence-electron chi connectivity index (χ3n) is 5.05. The molecule has 0 bridgehead atoms. The number of benzene rings is 2. The second kappa shape index (κ2) is 8.63. The number of amides is 1. The van der Waals surface area contributed by atoms with Gasteiger partial charge in [-0.1, -0.05) is 34.5 Å². The number of carbonyl (C=O) groups excluding carboxylic acids is 1. The number of nitrogens with one attached hydrogen (secondary N) is 2. The lowest BCUT2D eigenvalue weighted by molar-refractivity contribution is -0.130. The summed E-state index contributed by atoms with van der Waals surface area (Å²) in [4.78, 5) is 12.9. The zero-order valence-corrected chi connectivity index (χ0v) is 18.0. The van der Waals surface area contributed by atoms with Crippen LogP contribution >= 0.6 is 15.9 Å². The van der Waals surface area contributed by atoms with Gasteiger partial charge >= 0.3 is 0 Å². The molecule has 1 fully saturated rings. The van der Waals surface area contributed by atoms with Crippen molar-refractivity contribution >= 4 is 37.5 Å². The molecule has 0 atom stereocenters. The Morgan fingerprint density at radius 1 is 1.11 bits per heavy atom. The van der Waals surface area contributed by atoms with Gasteiger partial charge in [0.05, 0.1) is 16.9 Å². The Balaban J connectivity index is 1.74. The minimum absolute atomic E-state index is 0.000932. The molecular weight excluding hydrogens is 444 g/mol. The van der Waals surface area contributed by atoms with E-state index in [-0.39, 0.29) is 10.8 Å². The Bertz CT molecular complexity index is 924. The van der Waals surface area contributed by atoms with E-state index in [9.17, 15) is 13.2 Å². The van der Waals surface area contributed by atoms with Gasteiger partial charge in [0.2, 0.25) is 5.91 Å². The first-order chi connectivity index (χ1) is 13.4. The Labute approximate surface area is 173 Å². The summed E-state index contributed by atoms with van der Waals surface area (Å²) in [6, 6.07) is 13.5. The van der Waals surface area contributed by atoms with Crippen molar-refractivity contribution in [3.8, 4) is 0 Å². The molecule has 0 radical (unpaired) electrons. The zero-order chi connectivity index (χ0) is 20.2. The molecule has 150 valence electrons. The van der Waals surface area contributed by atoms with Crippen LogP contribution in [0.15, 0.2) is 57.9 Å². The van der Waals surface area contributed by atoms with E-state index in [1.54, 1.807) is 31.4 Å². The van der Waals surface area contributed by atoms with Crippen LogP contribution in [0.1, 0.15) is 24.8 Å². The second-order valence-electron chi connectivity index (χ2n) is 6.82. The van der Waals surface area contributed by atoms with Crippen molar-refractivity contribution in [2.75, 3.05) is 25.0 Å². The van der Waals surface area contributed by atoms with E-state index in [4.69, 9.17) is 4.74 Å². The van der Waals surface area contributed by atoms with Crippen LogP contribution in [-0.4, -0.2) is 34.6 Å². The van der Waals surface area contributed by atoms with Gasteiger partial charge in [0.15, 0.2) is 0 Å². The van der Waals surface area contributed by atoms with Crippen LogP contribution in [0.25, 0.3) is 0 Å². The van der Waals surface area contributed by atoms with Crippen LogP contribution in [0.5, 0.6) is 0 Å². The molecule has 2 N–H and O–H groups in total. The highest BCUT2D eigenvalue weighted by atomic mass is 79.9. The van der Waals surface area contributed by atoms with Gasteiger partial charge in [0, 0.05) is 23.8 Å². The lowest BCUT2D eigenvalue weighted by atomic mass is 9.64. The Morgan fingerprint density at radius 2 is 1.75 bits per heavy atom. The molecule has 0 aliphatic heterocycles. The first-order valence-electron chi connectivity index (χ1n) is 9.04. The minimum Gasteiger partial charge on any atom is -0.383 e. The lowest BCUT2D eigenvalue weighted by Gasteiger charge is -2.40. The fourth-order valence-corrected chi connectivity index (χ4v) is 4.62. The lowest BCUT2D eigenvalue weighted by Crippen LogP contribution is -2.49. The number of hydrogen-bond donors (Lipinski definition) is 2. The van der Waals surface area contributed by atoms with E-state index < -0.39 is 15.4 Å². The van der Waals surface area contributed by atoms with Gasteiger partial charge in [-0.3, -0.25) is 9.52 Å². The molecule has 6 nitrogen and oxygen atoms in total. The molecule has 0 aromatic heterocycles. The first-order valence-corrected chi connectivity index (χ1v) is 11.3. The maximum absolute atomic E-state index is 12.7. The van der Waals surface area contributed by atoms with Gasteiger partial charge in [-0.05, 0) is 54.8 Å². The second-order valence-corrected chi connectivity index (χ2v) is 9.42. The topological polar surface area (TPSA) is 84.5 Å². The van der Waals surface area contributed by atoms with Gasteiger partial charge in [-0.2, -0.15) is 0 Å². The summed E-state index contributed by atoms with van der Waals surface area (Å²) < 4.78 is 33.4. The average Bonchev–Trinajstić information content (AvgIpc) is 2.62. The summed E-state index contributed by atoms with van der Waals surface area (Å²) in [6.07, 6.45) is 2.57. The number of methoxy groups -OCH3 is 1. The summed E-state index contributed by atoms with van der Waals surface area (Å²) in [5, 5.41) is 2.92. The van der Waals surface area contributed by atoms with E-state index in [1.165, 1.54) is 12.1 Å². The Kier molecular flexibility index (Phi) is 6.42. The number of rotatable bonds is 8. The predicted molar refractivity (Wildman–Crippen MR) is 112 cm³/mol. The molecule has 0 unspecified atom stereocenters. The molecule has 8 heteroatoms. The fourth-order valence-electron chi connectivity index (χ4n) is 3.30. The largest absolute Gasteiger partial charge is 0.383 e. The highest BCUT2D eigenvalue weighted by Crippen LogP contribution is 2.44. The van der Waals surface area contributed by atoms with Crippen molar-refractivity contribution < 1.29 is 17.9 Å². The molecule has 3 rings (SSSR count). The molecule has 1 aliphatic rings. The SMILES string of the molecule is COCCNC(=O)C1(c2ccc(NS(=O)(=O)c3ccc(Br)cc3)cc2)CCC1. The average molecular weight is 467 g/mol. The number of hydrogen-bond acceptors (Lipinski definition) is 4. The van der Waals surface area contributed by atoms with Crippen LogP contribution in [0.4, 0.5) is 5.69 Å². The van der Waals surface area contributed by atoms with E-state index in [0.29, 0.717) is 18.8 Å². The van der Waals surface area contributed by atoms with E-state index in [0.717, 1.165) is 29.3 Å². The molecule has 2 aromatic rings. The van der Waals surface area contributed by atoms with Crippen molar-refractivity contribution in [3.63, 3.8) is 0 Å². The van der Waals surface area contributed by atoms with Crippen LogP contribution < -0.4 is 10.0 Å². The predicted octanol–water partition coefficient (Wildman–Crippen LogP) is 3.43. The number of anilines is 1. The molecule has 28 heavy (non-hydrogen) atoms. The molecule has 1 aliphatic carbocycles. The minimum atomic E-state index is -3.67. The van der Waals surface area contributed by atoms with Gasteiger partial charge in [0.25, 0.3) is 10.0 Å². The molecule has 2 aromatic carbocycles. The Hall–Kier alpha value is -1.90. The smallest absolute Gasteiger partial charge is 0.261 e. The first kappa shape index (κ1) is 20.8. The summed E-state index contributed by atoms with van der Waals surface area (Å²) in [5.74, 6) is -0.000932. The maximum atomic E-state index is 12.7. The number of carbonyl (C=O) groups is 1. The van der Waals surface area contributed by atoms with Crippen molar-refractivity contribution in [3.05, 3.63) is 58.6 Å². The standard InChI is InChI=1S/C20H23BrN2O4S/c1-27-14-13-22-19(24)20(11-2-12-20)15-3-7-17(8-4-15)23-28(25,26)18-9-5-16(21)6-10-18/h3-10,23H,2,11-14H2,1H3,(H,22,24). The summed E-state index contributed by atoms with van der Waals surface area (Å²) in [6.45, 7) is 0.945. The maximum Gasteiger partial charge on any atom is 0.261 e. The molecule has 1 saturated carbocycles. The molecular formula is C20H23BrN2O4S. The van der Waals surface area contributed by atoms with Gasteiger partial charge < -0.3 is 10.1 Å². The van der Waals surface area contributed by atoms with Crippen molar-refractivity contribution in [1.29, 1.82) is 0 Å². The van der Waals surface area contributed by atoms with Crippen molar-refractivity contribution in [2.24, 2.45) is 0 Å². The molecule has 0 spiro atoms. The van der Waals surface area contributed by atoms with Crippen LogP contribution in [-0.2, 0) is 25.0 Å². The van der Waals surface area contributed by atoms with E-state index in [2.05, 4.69) is 26.0 Å². The quantitative estimate of drug-likeness (QED) is 0.583. The number of halogens is 1. The highest BCUT2D eigenvalue weighted by Gasteiger charge is 2.45.